The zero-order chi connectivity index (χ0) is 23.4. The van der Waals surface area contributed by atoms with E-state index in [0.29, 0.717) is 29.9 Å². The molecule has 0 bridgehead atoms. The summed E-state index contributed by atoms with van der Waals surface area (Å²) in [5.74, 6) is 0.362. The first-order valence-electron chi connectivity index (χ1n) is 10.2. The molecule has 3 aromatic rings. The van der Waals surface area contributed by atoms with Gasteiger partial charge < -0.3 is 0 Å². The van der Waals surface area contributed by atoms with Crippen molar-refractivity contribution in [1.29, 1.82) is 0 Å². The number of hydrogen-bond acceptors (Lipinski definition) is 7. The first-order valence-corrected chi connectivity index (χ1v) is 16.2. The fraction of sp³-hybridized carbons (Fsp3) is 0.333. The Morgan fingerprint density at radius 3 is 2.97 bits per heavy atom. The monoisotopic (exact) mass is 661 g/mol. The van der Waals surface area contributed by atoms with Crippen LogP contribution >= 0.6 is 52.3 Å². The zero-order valence-corrected chi connectivity index (χ0v) is 22.9. The molecule has 3 heterocycles. The van der Waals surface area contributed by atoms with E-state index in [4.69, 9.17) is 4.18 Å². The third-order valence-electron chi connectivity index (χ3n) is 5.52. The molecule has 1 aliphatic carbocycles. The molecule has 0 amide bonds. The normalized spacial score (nSPS) is 21.1. The summed E-state index contributed by atoms with van der Waals surface area (Å²) < 4.78 is 8.75. The second kappa shape index (κ2) is 11.5. The van der Waals surface area contributed by atoms with Crippen LogP contribution in [0.15, 0.2) is 53.9 Å². The van der Waals surface area contributed by atoms with Gasteiger partial charge in [0.1, 0.15) is 0 Å². The number of pyridine rings is 1. The number of nitrogens with zero attached hydrogens (tertiary/aromatic N) is 4. The summed E-state index contributed by atoms with van der Waals surface area (Å²) >= 11 is 5.58. The Balaban J connectivity index is 1.48. The van der Waals surface area contributed by atoms with Crippen molar-refractivity contribution in [1.82, 2.24) is 19.5 Å². The Hall–Kier alpha value is -1.11. The van der Waals surface area contributed by atoms with Crippen molar-refractivity contribution in [2.24, 2.45) is 5.92 Å². The number of thiol groups is 1. The second-order valence-corrected chi connectivity index (χ2v) is 15.4. The molecule has 1 aliphatic rings. The van der Waals surface area contributed by atoms with Gasteiger partial charge in [-0.15, -0.1) is 0 Å². The molecule has 0 aliphatic heterocycles. The van der Waals surface area contributed by atoms with Gasteiger partial charge in [0.25, 0.3) is 0 Å². The van der Waals surface area contributed by atoms with Gasteiger partial charge in [-0.25, -0.2) is 0 Å². The first-order chi connectivity index (χ1) is 15.9. The molecule has 1 saturated carbocycles. The van der Waals surface area contributed by atoms with Crippen LogP contribution in [0.4, 0.5) is 5.82 Å². The van der Waals surface area contributed by atoms with Crippen LogP contribution in [-0.4, -0.2) is 49.2 Å². The average molecular weight is 662 g/mol. The van der Waals surface area contributed by atoms with Gasteiger partial charge >= 0.3 is 162 Å². The molecule has 4 rings (SSSR count). The molecule has 0 aromatic carbocycles. The zero-order valence-electron chi connectivity index (χ0n) is 17.4. The number of rotatable bonds is 8. The summed E-state index contributed by atoms with van der Waals surface area (Å²) in [6.07, 6.45) is 11.5. The number of aliphatic hydroxyl groups excluding tert-OH is 1. The predicted molar refractivity (Wildman–Crippen MR) is 143 cm³/mol. The number of carbonyl (C=O) groups is 1. The quantitative estimate of drug-likeness (QED) is 0.137. The van der Waals surface area contributed by atoms with E-state index in [9.17, 15) is 9.90 Å². The SMILES string of the molecule is O=C(c1ccn(Cc2cncc(Br)c2)c1)c1cncnc1N[C@@H]1C[C@H](CO)[C@@H](O[SH](#P)I)C1. The van der Waals surface area contributed by atoms with Crippen molar-refractivity contribution >= 4 is 63.9 Å². The summed E-state index contributed by atoms with van der Waals surface area (Å²) in [6, 6.07) is 3.82. The van der Waals surface area contributed by atoms with Crippen LogP contribution in [-0.2, 0) is 10.7 Å². The number of hydrogen-bond donors (Lipinski definition) is 3. The third kappa shape index (κ3) is 6.52. The number of aliphatic hydroxyl groups is 1. The van der Waals surface area contributed by atoms with Crippen molar-refractivity contribution in [2.75, 3.05) is 11.9 Å². The topological polar surface area (TPSA) is 102 Å². The fourth-order valence-electron chi connectivity index (χ4n) is 4.02. The van der Waals surface area contributed by atoms with Gasteiger partial charge in [0.05, 0.1) is 0 Å². The van der Waals surface area contributed by atoms with E-state index in [-0.39, 0.29) is 30.5 Å². The van der Waals surface area contributed by atoms with E-state index in [1.54, 1.807) is 18.5 Å². The van der Waals surface area contributed by atoms with Gasteiger partial charge in [-0.05, 0) is 27.6 Å². The van der Waals surface area contributed by atoms with E-state index >= 15 is 0 Å². The minimum atomic E-state index is -0.850. The van der Waals surface area contributed by atoms with Crippen molar-refractivity contribution in [3.63, 3.8) is 0 Å². The molecule has 8 nitrogen and oxygen atoms in total. The molecule has 33 heavy (non-hydrogen) atoms. The number of ketones is 1. The van der Waals surface area contributed by atoms with Crippen LogP contribution in [0.2, 0.25) is 0 Å². The van der Waals surface area contributed by atoms with Crippen LogP contribution < -0.4 is 5.32 Å². The third-order valence-corrected chi connectivity index (χ3v) is 7.37. The maximum absolute atomic E-state index is 13.3. The predicted octanol–water partition coefficient (Wildman–Crippen LogP) is 4.87. The molecule has 2 N–H and O–H groups in total. The fourth-order valence-corrected chi connectivity index (χ4v) is 6.16. The molecule has 1 fully saturated rings. The van der Waals surface area contributed by atoms with Crippen molar-refractivity contribution in [3.05, 3.63) is 70.6 Å². The molecule has 0 saturated heterocycles. The van der Waals surface area contributed by atoms with Gasteiger partial charge in [0, 0.05) is 23.4 Å². The maximum atomic E-state index is 13.3. The number of halogens is 2. The van der Waals surface area contributed by atoms with Gasteiger partial charge in [-0.1, -0.05) is 0 Å². The van der Waals surface area contributed by atoms with Gasteiger partial charge in [0.15, 0.2) is 0 Å². The summed E-state index contributed by atoms with van der Waals surface area (Å²) in [5, 5.41) is 13.1. The van der Waals surface area contributed by atoms with Crippen molar-refractivity contribution < 1.29 is 14.1 Å². The molecule has 0 radical (unpaired) electrons. The number of aromatic nitrogens is 4. The summed E-state index contributed by atoms with van der Waals surface area (Å²) in [7, 11) is 3.51. The van der Waals surface area contributed by atoms with Crippen LogP contribution in [0.5, 0.6) is 0 Å². The molecule has 174 valence electrons. The molecular formula is C21H22BrIN5O3PS. The molecule has 1 unspecified atom stereocenters. The van der Waals surface area contributed by atoms with Crippen LogP contribution in [0.3, 0.4) is 0 Å². The average Bonchev–Trinajstić information content (AvgIpc) is 3.40. The Kier molecular flexibility index (Phi) is 8.75. The van der Waals surface area contributed by atoms with Gasteiger partial charge in [0.2, 0.25) is 0 Å². The van der Waals surface area contributed by atoms with Crippen molar-refractivity contribution in [3.8, 4) is 0 Å². The molecule has 3 aromatic heterocycles. The number of nitrogens with one attached hydrogen (secondary N) is 1. The van der Waals surface area contributed by atoms with E-state index in [1.807, 2.05) is 23.0 Å². The molecule has 4 atom stereocenters. The molecular weight excluding hydrogens is 640 g/mol. The Bertz CT molecular complexity index is 1220. The van der Waals surface area contributed by atoms with E-state index in [0.717, 1.165) is 16.5 Å². The summed E-state index contributed by atoms with van der Waals surface area (Å²) in [6.45, 7) is 0.652. The minimum absolute atomic E-state index is 0.0250. The Morgan fingerprint density at radius 1 is 1.36 bits per heavy atom. The van der Waals surface area contributed by atoms with Gasteiger partial charge in [-0.2, -0.15) is 0 Å². The number of carbonyl (C=O) groups excluding carboxylic acids is 1. The van der Waals surface area contributed by atoms with Gasteiger partial charge in [-0.3, -0.25) is 4.98 Å². The van der Waals surface area contributed by atoms with Crippen LogP contribution in [0, 0.1) is 5.92 Å². The summed E-state index contributed by atoms with van der Waals surface area (Å²) in [4.78, 5) is 25.8. The van der Waals surface area contributed by atoms with Crippen LogP contribution in [0.25, 0.3) is 0 Å². The molecule has 0 spiro atoms. The van der Waals surface area contributed by atoms with E-state index < -0.39 is 7.32 Å². The standard InChI is InChI=1S/C21H22BrIN5O3PS/c22-16-3-13(6-24-7-16)9-28-2-1-14(10-28)20(30)18-8-25-12-26-21(18)27-17-4-15(11-29)19(5-17)31-33(23)32/h1-3,6-8,10,12,15,17,19,29,33H,4-5,9,11H2,(H,25,26,27)/t15-,17-,19+/m1/s1. The Labute approximate surface area is 216 Å². The summed E-state index contributed by atoms with van der Waals surface area (Å²) in [5.41, 5.74) is 1.99. The van der Waals surface area contributed by atoms with E-state index in [2.05, 4.69) is 65.2 Å². The Morgan fingerprint density at radius 2 is 2.21 bits per heavy atom. The number of anilines is 1. The second-order valence-electron chi connectivity index (χ2n) is 7.82. The van der Waals surface area contributed by atoms with E-state index in [1.165, 1.54) is 12.5 Å². The van der Waals surface area contributed by atoms with Crippen LogP contribution in [0.1, 0.15) is 34.3 Å². The van der Waals surface area contributed by atoms with Crippen molar-refractivity contribution in [2.45, 2.75) is 31.5 Å². The molecule has 12 heteroatoms. The first kappa shape index (κ1) is 25.0.